The quantitative estimate of drug-likeness (QED) is 0.668. The number of nitrogens with one attached hydrogen (secondary N) is 1. The number of rotatable bonds is 6. The first-order valence-corrected chi connectivity index (χ1v) is 10.4. The van der Waals surface area contributed by atoms with Crippen molar-refractivity contribution < 1.29 is 14.1 Å². The molecule has 1 unspecified atom stereocenters. The minimum atomic E-state index is -0.108. The smallest absolute Gasteiger partial charge is 0.263 e. The summed E-state index contributed by atoms with van der Waals surface area (Å²) in [5, 5.41) is 7.95. The maximum Gasteiger partial charge on any atom is 0.263 e. The van der Waals surface area contributed by atoms with E-state index in [1.165, 1.54) is 0 Å². The molecule has 1 fully saturated rings. The molecule has 1 aliphatic heterocycles. The molecule has 1 saturated heterocycles. The molecule has 1 aromatic carbocycles. The highest BCUT2D eigenvalue weighted by molar-refractivity contribution is 5.88. The number of anilines is 1. The van der Waals surface area contributed by atoms with Crippen molar-refractivity contribution in [2.45, 2.75) is 40.2 Å². The standard InChI is InChI=1S/C22H27N5O3/c1-4-29-18-10-6-5-8-16(18)12-23-21(28)17-9-7-11-27(13-17)20-19-14(2)26-30-22(19)25-15(3)24-20/h5-6,8,10,17H,4,7,9,11-13H2,1-3H3,(H,23,28). The van der Waals surface area contributed by atoms with Crippen molar-refractivity contribution in [2.75, 3.05) is 24.6 Å². The number of fused-ring (bicyclic) bond motifs is 1. The van der Waals surface area contributed by atoms with Crippen LogP contribution in [0, 0.1) is 19.8 Å². The van der Waals surface area contributed by atoms with Crippen LogP contribution < -0.4 is 15.0 Å². The lowest BCUT2D eigenvalue weighted by atomic mass is 9.96. The number of benzene rings is 1. The van der Waals surface area contributed by atoms with Crippen molar-refractivity contribution in [2.24, 2.45) is 5.92 Å². The topological polar surface area (TPSA) is 93.4 Å². The second-order valence-electron chi connectivity index (χ2n) is 7.59. The van der Waals surface area contributed by atoms with Gasteiger partial charge in [0.05, 0.1) is 18.2 Å². The number of hydrogen-bond acceptors (Lipinski definition) is 7. The highest BCUT2D eigenvalue weighted by Crippen LogP contribution is 2.30. The molecule has 0 spiro atoms. The summed E-state index contributed by atoms with van der Waals surface area (Å²) in [6, 6.07) is 7.80. The van der Waals surface area contributed by atoms with Crippen molar-refractivity contribution in [3.8, 4) is 5.75 Å². The fourth-order valence-electron chi connectivity index (χ4n) is 3.96. The molecule has 3 aromatic rings. The molecule has 0 bridgehead atoms. The van der Waals surface area contributed by atoms with E-state index in [0.717, 1.165) is 47.6 Å². The highest BCUT2D eigenvalue weighted by Gasteiger charge is 2.29. The minimum Gasteiger partial charge on any atom is -0.494 e. The Morgan fingerprint density at radius 2 is 2.13 bits per heavy atom. The van der Waals surface area contributed by atoms with Crippen LogP contribution in [0.15, 0.2) is 28.8 Å². The number of para-hydroxylation sites is 1. The van der Waals surface area contributed by atoms with Gasteiger partial charge in [-0.05, 0) is 39.7 Å². The maximum atomic E-state index is 12.9. The summed E-state index contributed by atoms with van der Waals surface area (Å²) < 4.78 is 11.0. The second-order valence-corrected chi connectivity index (χ2v) is 7.59. The van der Waals surface area contributed by atoms with Gasteiger partial charge in [-0.25, -0.2) is 4.98 Å². The van der Waals surface area contributed by atoms with E-state index < -0.39 is 0 Å². The molecule has 2 aromatic heterocycles. The van der Waals surface area contributed by atoms with Gasteiger partial charge in [-0.3, -0.25) is 4.79 Å². The van der Waals surface area contributed by atoms with Gasteiger partial charge in [0.1, 0.15) is 22.8 Å². The molecule has 1 amide bonds. The molecule has 1 aliphatic rings. The van der Waals surface area contributed by atoms with Crippen LogP contribution >= 0.6 is 0 Å². The van der Waals surface area contributed by atoms with Crippen molar-refractivity contribution in [3.63, 3.8) is 0 Å². The molecule has 0 radical (unpaired) electrons. The van der Waals surface area contributed by atoms with Gasteiger partial charge >= 0.3 is 0 Å². The molecule has 158 valence electrons. The number of piperidine rings is 1. The maximum absolute atomic E-state index is 12.9. The van der Waals surface area contributed by atoms with Crippen LogP contribution in [0.1, 0.15) is 36.8 Å². The Balaban J connectivity index is 1.47. The molecule has 1 atom stereocenters. The Labute approximate surface area is 175 Å². The van der Waals surface area contributed by atoms with Crippen LogP contribution in [0.2, 0.25) is 0 Å². The minimum absolute atomic E-state index is 0.0510. The van der Waals surface area contributed by atoms with E-state index in [4.69, 9.17) is 9.26 Å². The number of aromatic nitrogens is 3. The van der Waals surface area contributed by atoms with Gasteiger partial charge in [-0.1, -0.05) is 23.4 Å². The molecule has 8 heteroatoms. The number of carbonyl (C=O) groups is 1. The zero-order valence-electron chi connectivity index (χ0n) is 17.6. The van der Waals surface area contributed by atoms with E-state index >= 15 is 0 Å². The first-order chi connectivity index (χ1) is 14.6. The third-order valence-electron chi connectivity index (χ3n) is 5.42. The summed E-state index contributed by atoms with van der Waals surface area (Å²) in [5.41, 5.74) is 2.24. The van der Waals surface area contributed by atoms with Crippen LogP contribution in [0.4, 0.5) is 5.82 Å². The molecule has 1 N–H and O–H groups in total. The van der Waals surface area contributed by atoms with E-state index in [0.29, 0.717) is 31.2 Å². The van der Waals surface area contributed by atoms with Crippen LogP contribution in [0.25, 0.3) is 11.1 Å². The zero-order valence-corrected chi connectivity index (χ0v) is 17.6. The molecule has 3 heterocycles. The molecule has 0 aliphatic carbocycles. The van der Waals surface area contributed by atoms with E-state index in [9.17, 15) is 4.79 Å². The van der Waals surface area contributed by atoms with Gasteiger partial charge in [0.25, 0.3) is 5.71 Å². The van der Waals surface area contributed by atoms with E-state index in [1.807, 2.05) is 45.0 Å². The Morgan fingerprint density at radius 1 is 1.30 bits per heavy atom. The number of aryl methyl sites for hydroxylation is 2. The Bertz CT molecular complexity index is 1050. The predicted octanol–water partition coefficient (Wildman–Crippen LogP) is 3.17. The molecule has 0 saturated carbocycles. The number of carbonyl (C=O) groups excluding carboxylic acids is 1. The van der Waals surface area contributed by atoms with Gasteiger partial charge in [0.2, 0.25) is 5.91 Å². The lowest BCUT2D eigenvalue weighted by Gasteiger charge is -2.33. The van der Waals surface area contributed by atoms with Gasteiger partial charge in [-0.15, -0.1) is 0 Å². The summed E-state index contributed by atoms with van der Waals surface area (Å²) in [6.45, 7) is 8.17. The largest absolute Gasteiger partial charge is 0.494 e. The average molecular weight is 409 g/mol. The Morgan fingerprint density at radius 3 is 2.97 bits per heavy atom. The van der Waals surface area contributed by atoms with Crippen LogP contribution in [0.3, 0.4) is 0 Å². The first-order valence-electron chi connectivity index (χ1n) is 10.4. The van der Waals surface area contributed by atoms with Crippen molar-refractivity contribution in [1.82, 2.24) is 20.4 Å². The van der Waals surface area contributed by atoms with Gasteiger partial charge < -0.3 is 19.5 Å². The summed E-state index contributed by atoms with van der Waals surface area (Å²) in [6.07, 6.45) is 1.77. The van der Waals surface area contributed by atoms with Crippen molar-refractivity contribution in [3.05, 3.63) is 41.3 Å². The number of amides is 1. The summed E-state index contributed by atoms with van der Waals surface area (Å²) >= 11 is 0. The molecular formula is C22H27N5O3. The first kappa shape index (κ1) is 20.1. The number of hydrogen-bond donors (Lipinski definition) is 1. The molecule has 8 nitrogen and oxygen atoms in total. The van der Waals surface area contributed by atoms with E-state index in [2.05, 4.69) is 25.3 Å². The average Bonchev–Trinajstić information content (AvgIpc) is 3.13. The summed E-state index contributed by atoms with van der Waals surface area (Å²) in [5.74, 6) is 2.19. The van der Waals surface area contributed by atoms with Crippen molar-refractivity contribution >= 4 is 22.8 Å². The zero-order chi connectivity index (χ0) is 21.1. The lowest BCUT2D eigenvalue weighted by molar-refractivity contribution is -0.125. The van der Waals surface area contributed by atoms with E-state index in [1.54, 1.807) is 0 Å². The fraction of sp³-hybridized carbons (Fsp3) is 0.455. The van der Waals surface area contributed by atoms with Crippen LogP contribution in [0.5, 0.6) is 5.75 Å². The summed E-state index contributed by atoms with van der Waals surface area (Å²) in [7, 11) is 0. The normalized spacial score (nSPS) is 16.6. The SMILES string of the molecule is CCOc1ccccc1CNC(=O)C1CCCN(c2nc(C)nc3onc(C)c23)C1. The van der Waals surface area contributed by atoms with E-state index in [-0.39, 0.29) is 11.8 Å². The summed E-state index contributed by atoms with van der Waals surface area (Å²) in [4.78, 5) is 24.1. The third kappa shape index (κ3) is 4.08. The van der Waals surface area contributed by atoms with Crippen LogP contribution in [-0.4, -0.2) is 40.7 Å². The highest BCUT2D eigenvalue weighted by atomic mass is 16.5. The second kappa shape index (κ2) is 8.69. The lowest BCUT2D eigenvalue weighted by Crippen LogP contribution is -2.43. The fourth-order valence-corrected chi connectivity index (χ4v) is 3.96. The van der Waals surface area contributed by atoms with Gasteiger partial charge in [0, 0.05) is 25.2 Å². The van der Waals surface area contributed by atoms with Gasteiger partial charge in [-0.2, -0.15) is 4.98 Å². The third-order valence-corrected chi connectivity index (χ3v) is 5.42. The predicted molar refractivity (Wildman–Crippen MR) is 113 cm³/mol. The van der Waals surface area contributed by atoms with Gasteiger partial charge in [0.15, 0.2) is 0 Å². The number of ether oxygens (including phenoxy) is 1. The molecule has 30 heavy (non-hydrogen) atoms. The van der Waals surface area contributed by atoms with Crippen molar-refractivity contribution in [1.29, 1.82) is 0 Å². The molecule has 4 rings (SSSR count). The Kier molecular flexibility index (Phi) is 5.83. The molecular weight excluding hydrogens is 382 g/mol. The Hall–Kier alpha value is -3.16. The number of nitrogens with zero attached hydrogens (tertiary/aromatic N) is 4. The monoisotopic (exact) mass is 409 g/mol. The van der Waals surface area contributed by atoms with Crippen LogP contribution in [-0.2, 0) is 11.3 Å².